The van der Waals surface area contributed by atoms with Gasteiger partial charge in [0.2, 0.25) is 0 Å². The van der Waals surface area contributed by atoms with E-state index in [2.05, 4.69) is 29.4 Å². The summed E-state index contributed by atoms with van der Waals surface area (Å²) in [7, 11) is 0. The summed E-state index contributed by atoms with van der Waals surface area (Å²) in [5, 5.41) is 4.06. The number of aliphatic imine (C=N–C) groups is 1. The normalized spacial score (nSPS) is 14.3. The number of Topliss-reactive ketones (excluding diaryl/α,β-unsaturated/α-hetero) is 1. The molecule has 18 heavy (non-hydrogen) atoms. The fraction of sp³-hybridized carbons (Fsp3) is 0.429. The first-order valence-corrected chi connectivity index (χ1v) is 7.08. The SMILES string of the molecule is Cc1cc(C)c(C(=O)CSC2=NCCN2)c(C)c1. The maximum atomic E-state index is 12.3. The minimum Gasteiger partial charge on any atom is -0.363 e. The number of rotatable bonds is 3. The van der Waals surface area contributed by atoms with Crippen LogP contribution in [0.3, 0.4) is 0 Å². The van der Waals surface area contributed by atoms with Crippen LogP contribution < -0.4 is 5.32 Å². The standard InChI is InChI=1S/C14H18N2OS/c1-9-6-10(2)13(11(3)7-9)12(17)8-18-14-15-4-5-16-14/h6-7H,4-5,8H2,1-3H3,(H,15,16). The van der Waals surface area contributed by atoms with E-state index in [1.165, 1.54) is 17.3 Å². The van der Waals surface area contributed by atoms with Crippen LogP contribution in [0.15, 0.2) is 17.1 Å². The van der Waals surface area contributed by atoms with Gasteiger partial charge < -0.3 is 5.32 Å². The van der Waals surface area contributed by atoms with Crippen LogP contribution in [0.2, 0.25) is 0 Å². The number of amidine groups is 1. The molecule has 4 heteroatoms. The summed E-state index contributed by atoms with van der Waals surface area (Å²) in [6.07, 6.45) is 0. The lowest BCUT2D eigenvalue weighted by Gasteiger charge is -2.10. The van der Waals surface area contributed by atoms with Crippen molar-refractivity contribution >= 4 is 22.7 Å². The number of ketones is 1. The third-order valence-electron chi connectivity index (χ3n) is 2.94. The van der Waals surface area contributed by atoms with E-state index in [0.717, 1.165) is 34.9 Å². The van der Waals surface area contributed by atoms with Gasteiger partial charge in [-0.2, -0.15) is 0 Å². The Morgan fingerprint density at radius 2 is 2.00 bits per heavy atom. The van der Waals surface area contributed by atoms with Crippen molar-refractivity contribution in [1.82, 2.24) is 5.32 Å². The van der Waals surface area contributed by atoms with Crippen molar-refractivity contribution in [3.63, 3.8) is 0 Å². The van der Waals surface area contributed by atoms with E-state index >= 15 is 0 Å². The third-order valence-corrected chi connectivity index (χ3v) is 3.89. The lowest BCUT2D eigenvalue weighted by Crippen LogP contribution is -2.17. The first-order chi connectivity index (χ1) is 8.58. The highest BCUT2D eigenvalue weighted by Gasteiger charge is 2.15. The number of nitrogens with zero attached hydrogens (tertiary/aromatic N) is 1. The molecule has 0 saturated carbocycles. The van der Waals surface area contributed by atoms with Gasteiger partial charge in [0.15, 0.2) is 11.0 Å². The minimum atomic E-state index is 0.186. The van der Waals surface area contributed by atoms with Crippen molar-refractivity contribution in [2.45, 2.75) is 20.8 Å². The molecule has 1 aromatic carbocycles. The lowest BCUT2D eigenvalue weighted by atomic mass is 9.97. The van der Waals surface area contributed by atoms with E-state index in [1.54, 1.807) is 0 Å². The molecule has 0 unspecified atom stereocenters. The number of carbonyl (C=O) groups excluding carboxylic acids is 1. The molecule has 3 nitrogen and oxygen atoms in total. The zero-order chi connectivity index (χ0) is 13.1. The van der Waals surface area contributed by atoms with Crippen LogP contribution in [0.5, 0.6) is 0 Å². The molecule has 0 saturated heterocycles. The molecule has 1 heterocycles. The molecule has 1 aliphatic heterocycles. The average Bonchev–Trinajstić information content (AvgIpc) is 2.77. The quantitative estimate of drug-likeness (QED) is 0.851. The summed E-state index contributed by atoms with van der Waals surface area (Å²) in [6.45, 7) is 7.77. The van der Waals surface area contributed by atoms with E-state index in [4.69, 9.17) is 0 Å². The summed E-state index contributed by atoms with van der Waals surface area (Å²) >= 11 is 1.50. The molecule has 0 aliphatic carbocycles. The summed E-state index contributed by atoms with van der Waals surface area (Å²) in [5.41, 5.74) is 4.21. The van der Waals surface area contributed by atoms with Gasteiger partial charge in [-0.3, -0.25) is 9.79 Å². The van der Waals surface area contributed by atoms with Gasteiger partial charge in [0, 0.05) is 12.1 Å². The van der Waals surface area contributed by atoms with Gasteiger partial charge in [-0.05, 0) is 31.9 Å². The molecule has 0 bridgehead atoms. The van der Waals surface area contributed by atoms with Crippen LogP contribution in [0.25, 0.3) is 0 Å². The maximum absolute atomic E-state index is 12.3. The fourth-order valence-corrected chi connectivity index (χ4v) is 3.10. The number of thioether (sulfide) groups is 1. The highest BCUT2D eigenvalue weighted by molar-refractivity contribution is 8.14. The van der Waals surface area contributed by atoms with Crippen molar-refractivity contribution in [2.24, 2.45) is 4.99 Å². The lowest BCUT2D eigenvalue weighted by molar-refractivity contribution is 0.102. The van der Waals surface area contributed by atoms with Crippen LogP contribution in [-0.4, -0.2) is 29.8 Å². The number of nitrogens with one attached hydrogen (secondary N) is 1. The van der Waals surface area contributed by atoms with Crippen molar-refractivity contribution in [3.05, 3.63) is 34.4 Å². The number of hydrogen-bond donors (Lipinski definition) is 1. The zero-order valence-electron chi connectivity index (χ0n) is 11.0. The Morgan fingerprint density at radius 3 is 2.56 bits per heavy atom. The number of carbonyl (C=O) groups is 1. The molecular formula is C14H18N2OS. The number of hydrogen-bond acceptors (Lipinski definition) is 4. The molecule has 1 N–H and O–H groups in total. The predicted octanol–water partition coefficient (Wildman–Crippen LogP) is 2.49. The van der Waals surface area contributed by atoms with Crippen molar-refractivity contribution < 1.29 is 4.79 Å². The van der Waals surface area contributed by atoms with Crippen LogP contribution >= 0.6 is 11.8 Å². The zero-order valence-corrected chi connectivity index (χ0v) is 11.9. The van der Waals surface area contributed by atoms with Crippen molar-refractivity contribution in [3.8, 4) is 0 Å². The van der Waals surface area contributed by atoms with Crippen LogP contribution in [0.1, 0.15) is 27.0 Å². The van der Waals surface area contributed by atoms with Crippen molar-refractivity contribution in [1.29, 1.82) is 0 Å². The second-order valence-corrected chi connectivity index (χ2v) is 5.56. The molecule has 1 aromatic rings. The van der Waals surface area contributed by atoms with Gasteiger partial charge >= 0.3 is 0 Å². The molecule has 2 rings (SSSR count). The number of aryl methyl sites for hydroxylation is 3. The predicted molar refractivity (Wildman–Crippen MR) is 77.7 cm³/mol. The van der Waals surface area contributed by atoms with Crippen LogP contribution in [0.4, 0.5) is 0 Å². The van der Waals surface area contributed by atoms with Crippen LogP contribution in [-0.2, 0) is 0 Å². The smallest absolute Gasteiger partial charge is 0.173 e. The van der Waals surface area contributed by atoms with Gasteiger partial charge in [0.05, 0.1) is 12.3 Å². The molecule has 0 amide bonds. The molecule has 0 aromatic heterocycles. The molecule has 0 atom stereocenters. The van der Waals surface area contributed by atoms with E-state index in [1.807, 2.05) is 13.8 Å². The molecule has 1 aliphatic rings. The maximum Gasteiger partial charge on any atom is 0.173 e. The van der Waals surface area contributed by atoms with Gasteiger partial charge in [-0.1, -0.05) is 29.5 Å². The Morgan fingerprint density at radius 1 is 1.33 bits per heavy atom. The topological polar surface area (TPSA) is 41.5 Å². The van der Waals surface area contributed by atoms with E-state index in [9.17, 15) is 4.79 Å². The average molecular weight is 262 g/mol. The van der Waals surface area contributed by atoms with Gasteiger partial charge in [0.25, 0.3) is 0 Å². The second kappa shape index (κ2) is 5.57. The summed E-state index contributed by atoms with van der Waals surface area (Å²) in [4.78, 5) is 16.5. The molecule has 96 valence electrons. The highest BCUT2D eigenvalue weighted by Crippen LogP contribution is 2.19. The monoisotopic (exact) mass is 262 g/mol. The molecular weight excluding hydrogens is 244 g/mol. The molecule has 0 spiro atoms. The Kier molecular flexibility index (Phi) is 4.07. The Balaban J connectivity index is 2.09. The van der Waals surface area contributed by atoms with Crippen molar-refractivity contribution in [2.75, 3.05) is 18.8 Å². The Labute approximate surface area is 112 Å². The van der Waals surface area contributed by atoms with Gasteiger partial charge in [-0.25, -0.2) is 0 Å². The van der Waals surface area contributed by atoms with E-state index in [0.29, 0.717) is 5.75 Å². The minimum absolute atomic E-state index is 0.186. The van der Waals surface area contributed by atoms with E-state index in [-0.39, 0.29) is 5.78 Å². The highest BCUT2D eigenvalue weighted by atomic mass is 32.2. The van der Waals surface area contributed by atoms with Gasteiger partial charge in [-0.15, -0.1) is 0 Å². The summed E-state index contributed by atoms with van der Waals surface area (Å²) in [6, 6.07) is 4.13. The fourth-order valence-electron chi connectivity index (χ4n) is 2.30. The Bertz CT molecular complexity index is 486. The summed E-state index contributed by atoms with van der Waals surface area (Å²) < 4.78 is 0. The first kappa shape index (κ1) is 13.1. The van der Waals surface area contributed by atoms with Crippen LogP contribution in [0, 0.1) is 20.8 Å². The first-order valence-electron chi connectivity index (χ1n) is 6.10. The second-order valence-electron chi connectivity index (χ2n) is 4.60. The third kappa shape index (κ3) is 2.93. The van der Waals surface area contributed by atoms with E-state index < -0.39 is 0 Å². The Hall–Kier alpha value is -1.29. The summed E-state index contributed by atoms with van der Waals surface area (Å²) in [5.74, 6) is 0.641. The molecule has 0 radical (unpaired) electrons. The largest absolute Gasteiger partial charge is 0.363 e. The molecule has 0 fully saturated rings. The number of benzene rings is 1. The van der Waals surface area contributed by atoms with Gasteiger partial charge in [0.1, 0.15) is 0 Å².